The van der Waals surface area contributed by atoms with Crippen molar-refractivity contribution in [3.8, 4) is 0 Å². The third kappa shape index (κ3) is 3.35. The number of alkyl halides is 1. The fourth-order valence-electron chi connectivity index (χ4n) is 2.36. The van der Waals surface area contributed by atoms with E-state index in [-0.39, 0.29) is 11.7 Å². The van der Waals surface area contributed by atoms with Crippen LogP contribution >= 0.6 is 11.6 Å². The molecule has 0 N–H and O–H groups in total. The molecule has 0 spiro atoms. The Morgan fingerprint density at radius 3 is 2.84 bits per heavy atom. The SMILES string of the molecule is O=C1CCCN(C(=O)CCCCCl)c2ccccc21. The van der Waals surface area contributed by atoms with Crippen molar-refractivity contribution in [2.45, 2.75) is 32.1 Å². The maximum absolute atomic E-state index is 12.3. The number of halogens is 1. The van der Waals surface area contributed by atoms with Gasteiger partial charge in [0.1, 0.15) is 0 Å². The van der Waals surface area contributed by atoms with E-state index >= 15 is 0 Å². The zero-order chi connectivity index (χ0) is 13.7. The summed E-state index contributed by atoms with van der Waals surface area (Å²) in [6.07, 6.45) is 3.39. The monoisotopic (exact) mass is 279 g/mol. The Balaban J connectivity index is 2.18. The van der Waals surface area contributed by atoms with Gasteiger partial charge in [-0.2, -0.15) is 0 Å². The number of nitrogens with zero attached hydrogens (tertiary/aromatic N) is 1. The molecular weight excluding hydrogens is 262 g/mol. The summed E-state index contributed by atoms with van der Waals surface area (Å²) in [5.74, 6) is 0.807. The molecule has 0 unspecified atom stereocenters. The highest BCUT2D eigenvalue weighted by molar-refractivity contribution is 6.17. The van der Waals surface area contributed by atoms with Crippen molar-refractivity contribution in [2.24, 2.45) is 0 Å². The Labute approximate surface area is 118 Å². The molecule has 1 amide bonds. The summed E-state index contributed by atoms with van der Waals surface area (Å²) >= 11 is 5.63. The summed E-state index contributed by atoms with van der Waals surface area (Å²) in [4.78, 5) is 26.0. The molecule has 0 atom stereocenters. The number of rotatable bonds is 4. The van der Waals surface area contributed by atoms with Crippen LogP contribution in [0.1, 0.15) is 42.5 Å². The Morgan fingerprint density at radius 2 is 2.05 bits per heavy atom. The number of fused-ring (bicyclic) bond motifs is 1. The molecule has 1 aliphatic heterocycles. The molecule has 19 heavy (non-hydrogen) atoms. The average Bonchev–Trinajstić information content (AvgIpc) is 2.59. The highest BCUT2D eigenvalue weighted by Crippen LogP contribution is 2.26. The predicted molar refractivity (Wildman–Crippen MR) is 76.9 cm³/mol. The van der Waals surface area contributed by atoms with E-state index in [0.717, 1.165) is 24.9 Å². The molecule has 1 aromatic rings. The largest absolute Gasteiger partial charge is 0.312 e. The van der Waals surface area contributed by atoms with E-state index < -0.39 is 0 Å². The van der Waals surface area contributed by atoms with Gasteiger partial charge < -0.3 is 4.90 Å². The molecule has 0 bridgehead atoms. The number of anilines is 1. The standard InChI is InChI=1S/C15H18ClNO2/c16-10-4-3-9-15(19)17-11-5-8-14(18)12-6-1-2-7-13(12)17/h1-2,6-7H,3-5,8-11H2. The Kier molecular flexibility index (Phi) is 4.97. The lowest BCUT2D eigenvalue weighted by molar-refractivity contribution is -0.118. The Hall–Kier alpha value is -1.35. The molecule has 0 fully saturated rings. The maximum atomic E-state index is 12.3. The second kappa shape index (κ2) is 6.71. The van der Waals surface area contributed by atoms with Crippen molar-refractivity contribution in [1.29, 1.82) is 0 Å². The quantitative estimate of drug-likeness (QED) is 0.626. The number of unbranched alkanes of at least 4 members (excludes halogenated alkanes) is 1. The van der Waals surface area contributed by atoms with Crippen molar-refractivity contribution in [3.63, 3.8) is 0 Å². The first kappa shape index (κ1) is 14.1. The number of benzene rings is 1. The zero-order valence-corrected chi connectivity index (χ0v) is 11.7. The first-order valence-corrected chi connectivity index (χ1v) is 7.26. The molecule has 0 aliphatic carbocycles. The minimum Gasteiger partial charge on any atom is -0.312 e. The average molecular weight is 280 g/mol. The van der Waals surface area contributed by atoms with Gasteiger partial charge in [-0.25, -0.2) is 0 Å². The number of carbonyl (C=O) groups excluding carboxylic acids is 2. The number of para-hydroxylation sites is 1. The lowest BCUT2D eigenvalue weighted by atomic mass is 10.1. The number of carbonyl (C=O) groups is 2. The van der Waals surface area contributed by atoms with Crippen molar-refractivity contribution < 1.29 is 9.59 Å². The summed E-state index contributed by atoms with van der Waals surface area (Å²) in [7, 11) is 0. The summed E-state index contributed by atoms with van der Waals surface area (Å²) in [5, 5.41) is 0. The van der Waals surface area contributed by atoms with Crippen LogP contribution in [0.2, 0.25) is 0 Å². The van der Waals surface area contributed by atoms with E-state index in [0.29, 0.717) is 30.8 Å². The molecule has 0 aromatic heterocycles. The van der Waals surface area contributed by atoms with Gasteiger partial charge in [0, 0.05) is 30.8 Å². The predicted octanol–water partition coefficient (Wildman–Crippen LogP) is 3.41. The van der Waals surface area contributed by atoms with Crippen molar-refractivity contribution in [1.82, 2.24) is 0 Å². The van der Waals surface area contributed by atoms with Crippen LogP contribution in [0, 0.1) is 0 Å². The molecule has 0 saturated heterocycles. The Morgan fingerprint density at radius 1 is 1.26 bits per heavy atom. The van der Waals surface area contributed by atoms with Crippen LogP contribution in [0.3, 0.4) is 0 Å². The van der Waals surface area contributed by atoms with Crippen LogP contribution in [-0.2, 0) is 4.79 Å². The van der Waals surface area contributed by atoms with Crippen molar-refractivity contribution in [2.75, 3.05) is 17.3 Å². The number of hydrogen-bond donors (Lipinski definition) is 0. The first-order chi connectivity index (χ1) is 9.24. The minimum absolute atomic E-state index is 0.0901. The molecular formula is C15H18ClNO2. The molecule has 102 valence electrons. The van der Waals surface area contributed by atoms with Gasteiger partial charge in [-0.3, -0.25) is 9.59 Å². The van der Waals surface area contributed by atoms with Gasteiger partial charge in [-0.15, -0.1) is 11.6 Å². The van der Waals surface area contributed by atoms with Crippen LogP contribution in [0.5, 0.6) is 0 Å². The van der Waals surface area contributed by atoms with Gasteiger partial charge in [0.25, 0.3) is 0 Å². The molecule has 2 rings (SSSR count). The van der Waals surface area contributed by atoms with Crippen molar-refractivity contribution in [3.05, 3.63) is 29.8 Å². The summed E-state index contributed by atoms with van der Waals surface area (Å²) in [6, 6.07) is 7.38. The highest BCUT2D eigenvalue weighted by Gasteiger charge is 2.24. The smallest absolute Gasteiger partial charge is 0.226 e. The molecule has 4 heteroatoms. The number of ketones is 1. The van der Waals surface area contributed by atoms with Crippen LogP contribution in [0.25, 0.3) is 0 Å². The summed E-state index contributed by atoms with van der Waals surface area (Å²) in [6.45, 7) is 0.627. The van der Waals surface area contributed by atoms with Gasteiger partial charge in [-0.1, -0.05) is 12.1 Å². The molecule has 3 nitrogen and oxygen atoms in total. The number of amides is 1. The van der Waals surface area contributed by atoms with E-state index in [1.807, 2.05) is 24.3 Å². The fraction of sp³-hybridized carbons (Fsp3) is 0.467. The van der Waals surface area contributed by atoms with E-state index in [1.54, 1.807) is 4.90 Å². The Bertz CT molecular complexity index is 473. The topological polar surface area (TPSA) is 37.4 Å². The van der Waals surface area contributed by atoms with Gasteiger partial charge >= 0.3 is 0 Å². The summed E-state index contributed by atoms with van der Waals surface area (Å²) in [5.41, 5.74) is 1.44. The third-order valence-electron chi connectivity index (χ3n) is 3.36. The lowest BCUT2D eigenvalue weighted by Crippen LogP contribution is -2.31. The zero-order valence-electron chi connectivity index (χ0n) is 10.9. The van der Waals surface area contributed by atoms with E-state index in [1.165, 1.54) is 0 Å². The van der Waals surface area contributed by atoms with Crippen LogP contribution in [0.15, 0.2) is 24.3 Å². The van der Waals surface area contributed by atoms with E-state index in [4.69, 9.17) is 11.6 Å². The van der Waals surface area contributed by atoms with Crippen LogP contribution in [0.4, 0.5) is 5.69 Å². The van der Waals surface area contributed by atoms with Crippen molar-refractivity contribution >= 4 is 29.0 Å². The fourth-order valence-corrected chi connectivity index (χ4v) is 2.55. The second-order valence-corrected chi connectivity index (χ2v) is 5.11. The van der Waals surface area contributed by atoms with Gasteiger partial charge in [0.2, 0.25) is 5.91 Å². The molecule has 0 saturated carbocycles. The molecule has 1 heterocycles. The van der Waals surface area contributed by atoms with Crippen LogP contribution in [-0.4, -0.2) is 24.1 Å². The molecule has 1 aliphatic rings. The van der Waals surface area contributed by atoms with Crippen LogP contribution < -0.4 is 4.90 Å². The van der Waals surface area contributed by atoms with Gasteiger partial charge in [0.05, 0.1) is 5.69 Å². The second-order valence-electron chi connectivity index (χ2n) is 4.74. The first-order valence-electron chi connectivity index (χ1n) is 6.72. The van der Waals surface area contributed by atoms with E-state index in [2.05, 4.69) is 0 Å². The molecule has 1 aromatic carbocycles. The maximum Gasteiger partial charge on any atom is 0.226 e. The molecule has 0 radical (unpaired) electrons. The number of Topliss-reactive ketones (excluding diaryl/α,β-unsaturated/α-hetero) is 1. The lowest BCUT2D eigenvalue weighted by Gasteiger charge is -2.22. The highest BCUT2D eigenvalue weighted by atomic mass is 35.5. The minimum atomic E-state index is 0.0901. The normalized spacial score (nSPS) is 15.0. The van der Waals surface area contributed by atoms with E-state index in [9.17, 15) is 9.59 Å². The van der Waals surface area contributed by atoms with Gasteiger partial charge in [0.15, 0.2) is 5.78 Å². The van der Waals surface area contributed by atoms with Gasteiger partial charge in [-0.05, 0) is 31.4 Å². The summed E-state index contributed by atoms with van der Waals surface area (Å²) < 4.78 is 0. The third-order valence-corrected chi connectivity index (χ3v) is 3.62. The number of hydrogen-bond acceptors (Lipinski definition) is 2.